The quantitative estimate of drug-likeness (QED) is 0.802. The zero-order valence-corrected chi connectivity index (χ0v) is 15.4. The molecule has 1 aromatic heterocycles. The average molecular weight is 389 g/mol. The summed E-state index contributed by atoms with van der Waals surface area (Å²) in [5.41, 5.74) is 0.985. The molecule has 2 aliphatic rings. The monoisotopic (exact) mass is 389 g/mol. The number of allylic oxidation sites excluding steroid dienone is 2. The molecule has 0 saturated carbocycles. The van der Waals surface area contributed by atoms with E-state index in [1.165, 1.54) is 18.6 Å². The first kappa shape index (κ1) is 18.9. The molecule has 0 fully saturated rings. The first-order valence-electron chi connectivity index (χ1n) is 9.57. The molecule has 7 heteroatoms. The molecule has 0 saturated heterocycles. The van der Waals surface area contributed by atoms with Gasteiger partial charge in [-0.2, -0.15) is 13.2 Å². The highest BCUT2D eigenvalue weighted by Crippen LogP contribution is 2.30. The molecule has 1 aliphatic carbocycles. The number of nitrogens with zero attached hydrogens (tertiary/aromatic N) is 2. The number of halogens is 3. The van der Waals surface area contributed by atoms with Crippen molar-refractivity contribution in [1.82, 2.24) is 14.9 Å². The van der Waals surface area contributed by atoms with Gasteiger partial charge in [0.2, 0.25) is 0 Å². The van der Waals surface area contributed by atoms with Crippen LogP contribution in [-0.2, 0) is 19.1 Å². The molecule has 28 heavy (non-hydrogen) atoms. The summed E-state index contributed by atoms with van der Waals surface area (Å²) in [5.74, 6) is 0.947. The first-order valence-corrected chi connectivity index (χ1v) is 9.57. The van der Waals surface area contributed by atoms with Crippen molar-refractivity contribution in [1.29, 1.82) is 0 Å². The average Bonchev–Trinajstić information content (AvgIpc) is 2.68. The third kappa shape index (κ3) is 4.04. The van der Waals surface area contributed by atoms with Gasteiger partial charge in [0, 0.05) is 30.8 Å². The van der Waals surface area contributed by atoms with E-state index in [2.05, 4.69) is 27.0 Å². The van der Waals surface area contributed by atoms with Gasteiger partial charge in [0.05, 0.1) is 11.3 Å². The van der Waals surface area contributed by atoms with Gasteiger partial charge >= 0.3 is 6.18 Å². The number of aromatic amines is 1. The predicted molar refractivity (Wildman–Crippen MR) is 101 cm³/mol. The second kappa shape index (κ2) is 7.54. The lowest BCUT2D eigenvalue weighted by Crippen LogP contribution is -2.38. The largest absolute Gasteiger partial charge is 0.416 e. The summed E-state index contributed by atoms with van der Waals surface area (Å²) in [5, 5.41) is 0. The smallest absolute Gasteiger partial charge is 0.306 e. The van der Waals surface area contributed by atoms with Crippen molar-refractivity contribution in [3.63, 3.8) is 0 Å². The van der Waals surface area contributed by atoms with Crippen LogP contribution >= 0.6 is 0 Å². The van der Waals surface area contributed by atoms with Crippen LogP contribution in [0.1, 0.15) is 36.1 Å². The fourth-order valence-corrected chi connectivity index (χ4v) is 3.99. The van der Waals surface area contributed by atoms with Gasteiger partial charge < -0.3 is 4.98 Å². The first-order chi connectivity index (χ1) is 13.4. The van der Waals surface area contributed by atoms with Gasteiger partial charge in [0.15, 0.2) is 0 Å². The minimum atomic E-state index is -4.38. The second-order valence-corrected chi connectivity index (χ2v) is 7.55. The lowest BCUT2D eigenvalue weighted by molar-refractivity contribution is -0.137. The Kier molecular flexibility index (Phi) is 5.10. The van der Waals surface area contributed by atoms with Gasteiger partial charge in [-0.1, -0.05) is 24.3 Å². The van der Waals surface area contributed by atoms with Crippen LogP contribution in [0.15, 0.2) is 41.2 Å². The van der Waals surface area contributed by atoms with Crippen molar-refractivity contribution in [2.24, 2.45) is 5.92 Å². The summed E-state index contributed by atoms with van der Waals surface area (Å²) >= 11 is 0. The van der Waals surface area contributed by atoms with Crippen molar-refractivity contribution < 1.29 is 13.2 Å². The van der Waals surface area contributed by atoms with Gasteiger partial charge in [0.1, 0.15) is 5.82 Å². The third-order valence-corrected chi connectivity index (χ3v) is 5.53. The van der Waals surface area contributed by atoms with Crippen molar-refractivity contribution in [3.05, 3.63) is 63.6 Å². The van der Waals surface area contributed by atoms with Gasteiger partial charge in [-0.05, 0) is 43.7 Å². The Morgan fingerprint density at radius 1 is 1.18 bits per heavy atom. The molecule has 1 atom stereocenters. The van der Waals surface area contributed by atoms with E-state index < -0.39 is 11.7 Å². The van der Waals surface area contributed by atoms with Crippen molar-refractivity contribution in [3.8, 4) is 11.4 Å². The SMILES string of the molecule is O=c1[nH]c(-c2ccc(C(F)(F)F)cc2)nc2c1CCN(CC1CC=CCC1)C2. The van der Waals surface area contributed by atoms with Crippen LogP contribution in [0.3, 0.4) is 0 Å². The Hall–Kier alpha value is -2.41. The highest BCUT2D eigenvalue weighted by atomic mass is 19.4. The normalized spacial score (nSPS) is 20.2. The summed E-state index contributed by atoms with van der Waals surface area (Å²) < 4.78 is 38.3. The van der Waals surface area contributed by atoms with E-state index in [0.29, 0.717) is 35.8 Å². The van der Waals surface area contributed by atoms with Crippen LogP contribution < -0.4 is 5.56 Å². The van der Waals surface area contributed by atoms with Crippen molar-refractivity contribution >= 4 is 0 Å². The molecular formula is C21H22F3N3O. The second-order valence-electron chi connectivity index (χ2n) is 7.55. The molecule has 1 aromatic carbocycles. The standard InChI is InChI=1S/C21H22F3N3O/c22-21(23,24)16-8-6-15(7-9-16)19-25-18-13-27(11-10-17(18)20(28)26-19)12-14-4-2-1-3-5-14/h1-2,6-9,14H,3-5,10-13H2,(H,25,26,28). The summed E-state index contributed by atoms with van der Waals surface area (Å²) in [6, 6.07) is 4.72. The Bertz CT molecular complexity index is 931. The van der Waals surface area contributed by atoms with Crippen LogP contribution in [0.5, 0.6) is 0 Å². The third-order valence-electron chi connectivity index (χ3n) is 5.53. The Balaban J connectivity index is 1.56. The van der Waals surface area contributed by atoms with Crippen LogP contribution in [-0.4, -0.2) is 28.0 Å². The van der Waals surface area contributed by atoms with Gasteiger partial charge in [-0.25, -0.2) is 4.98 Å². The van der Waals surface area contributed by atoms with Crippen LogP contribution in [0.25, 0.3) is 11.4 Å². The van der Waals surface area contributed by atoms with Gasteiger partial charge in [0.25, 0.3) is 5.56 Å². The van der Waals surface area contributed by atoms with Gasteiger partial charge in [-0.3, -0.25) is 9.69 Å². The maximum Gasteiger partial charge on any atom is 0.416 e. The minimum Gasteiger partial charge on any atom is -0.306 e. The molecule has 0 radical (unpaired) electrons. The highest BCUT2D eigenvalue weighted by molar-refractivity contribution is 5.56. The molecule has 2 aromatic rings. The fraction of sp³-hybridized carbons (Fsp3) is 0.429. The van der Waals surface area contributed by atoms with E-state index in [1.807, 2.05) is 0 Å². The zero-order valence-electron chi connectivity index (χ0n) is 15.4. The number of aromatic nitrogens is 2. The van der Waals surface area contributed by atoms with E-state index in [1.54, 1.807) is 0 Å². The lowest BCUT2D eigenvalue weighted by atomic mass is 9.93. The summed E-state index contributed by atoms with van der Waals surface area (Å²) in [4.78, 5) is 22.1. The zero-order chi connectivity index (χ0) is 19.7. The Morgan fingerprint density at radius 3 is 2.64 bits per heavy atom. The van der Waals surface area contributed by atoms with Crippen LogP contribution in [0, 0.1) is 5.92 Å². The number of benzene rings is 1. The van der Waals surface area contributed by atoms with Crippen molar-refractivity contribution in [2.45, 2.75) is 38.4 Å². The van der Waals surface area contributed by atoms with E-state index in [4.69, 9.17) is 0 Å². The number of nitrogens with one attached hydrogen (secondary N) is 1. The molecular weight excluding hydrogens is 367 g/mol. The van der Waals surface area contributed by atoms with E-state index in [-0.39, 0.29) is 5.56 Å². The predicted octanol–water partition coefficient (Wildman–Crippen LogP) is 4.17. The fourth-order valence-electron chi connectivity index (χ4n) is 3.99. The molecule has 1 aliphatic heterocycles. The maximum atomic E-state index is 12.8. The maximum absolute atomic E-state index is 12.8. The topological polar surface area (TPSA) is 49.0 Å². The molecule has 148 valence electrons. The number of hydrogen-bond donors (Lipinski definition) is 1. The van der Waals surface area contributed by atoms with E-state index >= 15 is 0 Å². The van der Waals surface area contributed by atoms with Crippen molar-refractivity contribution in [2.75, 3.05) is 13.1 Å². The van der Waals surface area contributed by atoms with Crippen LogP contribution in [0.4, 0.5) is 13.2 Å². The Labute approximate surface area is 161 Å². The van der Waals surface area contributed by atoms with E-state index in [9.17, 15) is 18.0 Å². The molecule has 0 bridgehead atoms. The van der Waals surface area contributed by atoms with Gasteiger partial charge in [-0.15, -0.1) is 0 Å². The number of hydrogen-bond acceptors (Lipinski definition) is 3. The minimum absolute atomic E-state index is 0.194. The summed E-state index contributed by atoms with van der Waals surface area (Å²) in [6.45, 7) is 2.42. The molecule has 4 rings (SSSR count). The lowest BCUT2D eigenvalue weighted by Gasteiger charge is -2.31. The molecule has 1 unspecified atom stereocenters. The molecule has 4 nitrogen and oxygen atoms in total. The van der Waals surface area contributed by atoms with Crippen LogP contribution in [0.2, 0.25) is 0 Å². The number of alkyl halides is 3. The molecule has 1 N–H and O–H groups in total. The molecule has 0 amide bonds. The summed E-state index contributed by atoms with van der Waals surface area (Å²) in [7, 11) is 0. The number of rotatable bonds is 3. The molecule has 0 spiro atoms. The molecule has 2 heterocycles. The Morgan fingerprint density at radius 2 is 1.96 bits per heavy atom. The summed E-state index contributed by atoms with van der Waals surface area (Å²) in [6.07, 6.45) is 4.10. The highest BCUT2D eigenvalue weighted by Gasteiger charge is 2.30. The number of fused-ring (bicyclic) bond motifs is 1. The number of H-pyrrole nitrogens is 1. The van der Waals surface area contributed by atoms with E-state index in [0.717, 1.165) is 43.8 Å².